The highest BCUT2D eigenvalue weighted by atomic mass is 127. The number of hydrogen-bond acceptors (Lipinski definition) is 3. The largest absolute Gasteiger partial charge is 0.396 e. The van der Waals surface area contributed by atoms with Crippen molar-refractivity contribution in [3.63, 3.8) is 0 Å². The van der Waals surface area contributed by atoms with Crippen molar-refractivity contribution >= 4 is 35.8 Å². The summed E-state index contributed by atoms with van der Waals surface area (Å²) in [5.74, 6) is 1.09. The maximum absolute atomic E-state index is 12.4. The van der Waals surface area contributed by atoms with Gasteiger partial charge in [-0.1, -0.05) is 20.3 Å². The first-order chi connectivity index (χ1) is 12.9. The molecular weight excluding hydrogens is 467 g/mol. The van der Waals surface area contributed by atoms with Crippen molar-refractivity contribution in [2.45, 2.75) is 91.6 Å². The van der Waals surface area contributed by atoms with Gasteiger partial charge >= 0.3 is 0 Å². The average Bonchev–Trinajstić information content (AvgIpc) is 2.65. The average molecular weight is 511 g/mol. The van der Waals surface area contributed by atoms with E-state index in [-0.39, 0.29) is 59.9 Å². The second-order valence-corrected chi connectivity index (χ2v) is 8.24. The monoisotopic (exact) mass is 510 g/mol. The standard InChI is InChI=1S/C21H42N4O2.HI/c1-6-21(7-2,12-13-26)15-23-20(22-8-3)25-18-11-9-10-17(14-18)19(27)24-16(4)5;/h16-18,26H,6-15H2,1-5H3,(H,24,27)(H2,22,23,25);1H. The molecule has 6 nitrogen and oxygen atoms in total. The Balaban J connectivity index is 0.00000729. The number of amides is 1. The zero-order valence-electron chi connectivity index (χ0n) is 18.5. The molecule has 0 aliphatic heterocycles. The summed E-state index contributed by atoms with van der Waals surface area (Å²) in [6, 6.07) is 0.461. The number of rotatable bonds is 10. The van der Waals surface area contributed by atoms with Gasteiger partial charge in [0.15, 0.2) is 5.96 Å². The number of halogens is 1. The van der Waals surface area contributed by atoms with Crippen LogP contribution in [0.5, 0.6) is 0 Å². The maximum Gasteiger partial charge on any atom is 0.223 e. The van der Waals surface area contributed by atoms with Gasteiger partial charge in [0.05, 0.1) is 0 Å². The molecule has 0 saturated heterocycles. The lowest BCUT2D eigenvalue weighted by Crippen LogP contribution is -2.48. The van der Waals surface area contributed by atoms with E-state index in [2.05, 4.69) is 36.7 Å². The molecule has 0 aromatic carbocycles. The van der Waals surface area contributed by atoms with Crippen molar-refractivity contribution in [3.05, 3.63) is 0 Å². The van der Waals surface area contributed by atoms with Crippen LogP contribution in [0, 0.1) is 11.3 Å². The van der Waals surface area contributed by atoms with Crippen molar-refractivity contribution in [1.82, 2.24) is 16.0 Å². The fourth-order valence-electron chi connectivity index (χ4n) is 3.86. The van der Waals surface area contributed by atoms with Crippen molar-refractivity contribution in [3.8, 4) is 0 Å². The van der Waals surface area contributed by atoms with Gasteiger partial charge in [-0.25, -0.2) is 0 Å². The molecule has 1 aliphatic carbocycles. The van der Waals surface area contributed by atoms with E-state index in [9.17, 15) is 9.90 Å². The molecule has 1 saturated carbocycles. The lowest BCUT2D eigenvalue weighted by Gasteiger charge is -2.32. The molecular formula is C21H43IN4O2. The number of guanidine groups is 1. The lowest BCUT2D eigenvalue weighted by molar-refractivity contribution is -0.126. The molecule has 0 bridgehead atoms. The second-order valence-electron chi connectivity index (χ2n) is 8.24. The third-order valence-electron chi connectivity index (χ3n) is 5.88. The van der Waals surface area contributed by atoms with Gasteiger partial charge in [0, 0.05) is 37.7 Å². The molecule has 0 aromatic heterocycles. The number of nitrogens with one attached hydrogen (secondary N) is 3. The molecule has 1 aliphatic rings. The van der Waals surface area contributed by atoms with Crippen LogP contribution in [0.1, 0.15) is 79.6 Å². The van der Waals surface area contributed by atoms with E-state index in [0.717, 1.165) is 57.5 Å². The summed E-state index contributed by atoms with van der Waals surface area (Å²) in [6.07, 6.45) is 6.75. The van der Waals surface area contributed by atoms with Crippen LogP contribution >= 0.6 is 24.0 Å². The number of carbonyl (C=O) groups excluding carboxylic acids is 1. The molecule has 0 aromatic rings. The minimum atomic E-state index is 0. The molecule has 1 amide bonds. The molecule has 2 unspecified atom stereocenters. The first-order valence-corrected chi connectivity index (χ1v) is 10.9. The predicted molar refractivity (Wildman–Crippen MR) is 128 cm³/mol. The van der Waals surface area contributed by atoms with Crippen molar-refractivity contribution in [2.24, 2.45) is 16.3 Å². The summed E-state index contributed by atoms with van der Waals surface area (Å²) < 4.78 is 0. The Morgan fingerprint density at radius 3 is 2.43 bits per heavy atom. The number of aliphatic imine (C=N–C) groups is 1. The number of carbonyl (C=O) groups is 1. The minimum absolute atomic E-state index is 0. The first-order valence-electron chi connectivity index (χ1n) is 10.9. The van der Waals surface area contributed by atoms with Gasteiger partial charge in [-0.3, -0.25) is 9.79 Å². The van der Waals surface area contributed by atoms with Gasteiger partial charge in [-0.2, -0.15) is 0 Å². The van der Waals surface area contributed by atoms with E-state index in [4.69, 9.17) is 4.99 Å². The van der Waals surface area contributed by atoms with E-state index >= 15 is 0 Å². The Hall–Kier alpha value is -0.570. The molecule has 166 valence electrons. The molecule has 1 fully saturated rings. The molecule has 4 N–H and O–H groups in total. The molecule has 2 atom stereocenters. The van der Waals surface area contributed by atoms with Crippen LogP contribution in [-0.2, 0) is 4.79 Å². The van der Waals surface area contributed by atoms with Crippen LogP contribution in [-0.4, -0.2) is 48.8 Å². The summed E-state index contributed by atoms with van der Waals surface area (Å²) >= 11 is 0. The quantitative estimate of drug-likeness (QED) is 0.206. The predicted octanol–water partition coefficient (Wildman–Crippen LogP) is 3.43. The Labute approximate surface area is 189 Å². The van der Waals surface area contributed by atoms with Gasteiger partial charge < -0.3 is 21.1 Å². The Morgan fingerprint density at radius 2 is 1.89 bits per heavy atom. The van der Waals surface area contributed by atoms with E-state index in [1.54, 1.807) is 0 Å². The highest BCUT2D eigenvalue weighted by Crippen LogP contribution is 2.30. The lowest BCUT2D eigenvalue weighted by atomic mass is 9.79. The summed E-state index contributed by atoms with van der Waals surface area (Å²) in [7, 11) is 0. The minimum Gasteiger partial charge on any atom is -0.396 e. The molecule has 0 heterocycles. The van der Waals surface area contributed by atoms with Gasteiger partial charge in [0.1, 0.15) is 0 Å². The normalized spacial score (nSPS) is 20.5. The van der Waals surface area contributed by atoms with Crippen molar-refractivity contribution in [1.29, 1.82) is 0 Å². The fourth-order valence-corrected chi connectivity index (χ4v) is 3.86. The van der Waals surface area contributed by atoms with Gasteiger partial charge in [-0.15, -0.1) is 24.0 Å². The van der Waals surface area contributed by atoms with Crippen LogP contribution in [0.25, 0.3) is 0 Å². The van der Waals surface area contributed by atoms with E-state index in [0.29, 0.717) is 6.54 Å². The topological polar surface area (TPSA) is 85.8 Å². The second kappa shape index (κ2) is 14.4. The number of hydrogen-bond donors (Lipinski definition) is 4. The van der Waals surface area contributed by atoms with Gasteiger partial charge in [0.2, 0.25) is 5.91 Å². The van der Waals surface area contributed by atoms with Crippen molar-refractivity contribution < 1.29 is 9.90 Å². The highest BCUT2D eigenvalue weighted by molar-refractivity contribution is 14.0. The summed E-state index contributed by atoms with van der Waals surface area (Å²) in [5, 5.41) is 19.4. The van der Waals surface area contributed by atoms with Crippen LogP contribution < -0.4 is 16.0 Å². The number of nitrogens with zero attached hydrogens (tertiary/aromatic N) is 1. The summed E-state index contributed by atoms with van der Waals surface area (Å²) in [6.45, 7) is 12.1. The maximum atomic E-state index is 12.4. The first kappa shape index (κ1) is 27.4. The van der Waals surface area contributed by atoms with Gasteiger partial charge in [0.25, 0.3) is 0 Å². The number of aliphatic hydroxyl groups is 1. The van der Waals surface area contributed by atoms with Gasteiger partial charge in [-0.05, 0) is 64.7 Å². The molecule has 28 heavy (non-hydrogen) atoms. The number of aliphatic hydroxyl groups excluding tert-OH is 1. The van der Waals surface area contributed by atoms with Crippen molar-refractivity contribution in [2.75, 3.05) is 19.7 Å². The molecule has 7 heteroatoms. The third-order valence-corrected chi connectivity index (χ3v) is 5.88. The molecule has 0 spiro atoms. The fraction of sp³-hybridized carbons (Fsp3) is 0.905. The zero-order valence-corrected chi connectivity index (χ0v) is 20.8. The Morgan fingerprint density at radius 1 is 1.21 bits per heavy atom. The molecule has 0 radical (unpaired) electrons. The summed E-state index contributed by atoms with van der Waals surface area (Å²) in [5.41, 5.74) is 0.0589. The Bertz CT molecular complexity index is 467. The zero-order chi connectivity index (χ0) is 20.3. The van der Waals surface area contributed by atoms with Crippen LogP contribution in [0.2, 0.25) is 0 Å². The smallest absolute Gasteiger partial charge is 0.223 e. The third kappa shape index (κ3) is 9.29. The van der Waals surface area contributed by atoms with Crippen LogP contribution in [0.3, 0.4) is 0 Å². The van der Waals surface area contributed by atoms with E-state index in [1.165, 1.54) is 0 Å². The van der Waals surface area contributed by atoms with E-state index < -0.39 is 0 Å². The Kier molecular flexibility index (Phi) is 14.1. The SMILES string of the molecule is CCNC(=NCC(CC)(CC)CCO)NC1CCCC(C(=O)NC(C)C)C1.I. The highest BCUT2D eigenvalue weighted by Gasteiger charge is 2.29. The molecule has 1 rings (SSSR count). The van der Waals surface area contributed by atoms with E-state index in [1.807, 2.05) is 13.8 Å². The van der Waals surface area contributed by atoms with Crippen LogP contribution in [0.15, 0.2) is 4.99 Å². The summed E-state index contributed by atoms with van der Waals surface area (Å²) in [4.78, 5) is 17.2. The van der Waals surface area contributed by atoms with Crippen LogP contribution in [0.4, 0.5) is 0 Å².